The van der Waals surface area contributed by atoms with Crippen molar-refractivity contribution >= 4 is 12.0 Å². The van der Waals surface area contributed by atoms with Crippen LogP contribution in [0.2, 0.25) is 0 Å². The van der Waals surface area contributed by atoms with Gasteiger partial charge in [-0.3, -0.25) is 4.79 Å². The third-order valence-corrected chi connectivity index (χ3v) is 4.29. The molecule has 0 unspecified atom stereocenters. The molecule has 1 heterocycles. The number of amides is 2. The monoisotopic (exact) mass is 388 g/mol. The number of nitrogens with one attached hydrogen (secondary N) is 1. The number of carbonyl (C=O) groups excluding carboxylic acids is 2. The highest BCUT2D eigenvalue weighted by atomic mass is 19.1. The van der Waals surface area contributed by atoms with Crippen LogP contribution in [0.5, 0.6) is 5.75 Å². The van der Waals surface area contributed by atoms with Crippen LogP contribution in [-0.4, -0.2) is 54.4 Å². The number of rotatable bonds is 5. The van der Waals surface area contributed by atoms with Gasteiger partial charge in [-0.25, -0.2) is 9.18 Å². The summed E-state index contributed by atoms with van der Waals surface area (Å²) in [4.78, 5) is 25.9. The first-order valence-electron chi connectivity index (χ1n) is 8.86. The van der Waals surface area contributed by atoms with Gasteiger partial charge in [-0.05, 0) is 42.0 Å². The molecule has 0 spiro atoms. The fourth-order valence-corrected chi connectivity index (χ4v) is 2.75. The number of phenolic OH excluding ortho intramolecular Hbond substituents is 1. The van der Waals surface area contributed by atoms with E-state index in [0.29, 0.717) is 24.3 Å². The molecule has 0 bridgehead atoms. The van der Waals surface area contributed by atoms with Gasteiger partial charge >= 0.3 is 6.09 Å². The Morgan fingerprint density at radius 1 is 1.18 bits per heavy atom. The Labute approximate surface area is 161 Å². The number of nitrogens with zero attached hydrogens (tertiary/aromatic N) is 1. The molecule has 0 aromatic heterocycles. The summed E-state index contributed by atoms with van der Waals surface area (Å²) in [5.74, 6) is -0.554. The van der Waals surface area contributed by atoms with Gasteiger partial charge in [0.1, 0.15) is 18.2 Å². The van der Waals surface area contributed by atoms with Crippen molar-refractivity contribution in [2.24, 2.45) is 0 Å². The highest BCUT2D eigenvalue weighted by molar-refractivity contribution is 5.94. The van der Waals surface area contributed by atoms with E-state index in [2.05, 4.69) is 5.32 Å². The topological polar surface area (TPSA) is 88.1 Å². The zero-order chi connectivity index (χ0) is 19.9. The Balaban J connectivity index is 1.45. The molecule has 0 saturated carbocycles. The minimum Gasteiger partial charge on any atom is -0.508 e. The van der Waals surface area contributed by atoms with Gasteiger partial charge in [0.05, 0.1) is 19.3 Å². The number of morpholine rings is 1. The van der Waals surface area contributed by atoms with Crippen LogP contribution in [0.25, 0.3) is 0 Å². The van der Waals surface area contributed by atoms with Crippen LogP contribution in [0.1, 0.15) is 15.9 Å². The Hall–Kier alpha value is -3.13. The van der Waals surface area contributed by atoms with E-state index in [9.17, 15) is 19.1 Å². The molecule has 0 aliphatic carbocycles. The standard InChI is InChI=1S/C20H21FN2O5/c21-16-5-1-14(2-6-16)13-28-20(26)23-9-10-27-18(12-23)11-22-19(25)15-3-7-17(24)8-4-15/h1-8,18,24H,9-13H2,(H,22,25)/t18-/m1/s1. The second kappa shape index (κ2) is 9.18. The van der Waals surface area contributed by atoms with Crippen LogP contribution in [0.4, 0.5) is 9.18 Å². The van der Waals surface area contributed by atoms with Crippen LogP contribution in [0.3, 0.4) is 0 Å². The Kier molecular flexibility index (Phi) is 6.44. The van der Waals surface area contributed by atoms with Crippen LogP contribution in [0, 0.1) is 5.82 Å². The first-order chi connectivity index (χ1) is 13.5. The summed E-state index contributed by atoms with van der Waals surface area (Å²) in [6.45, 7) is 1.31. The van der Waals surface area contributed by atoms with Crippen LogP contribution in [0.15, 0.2) is 48.5 Å². The molecule has 2 N–H and O–H groups in total. The van der Waals surface area contributed by atoms with E-state index in [-0.39, 0.29) is 43.3 Å². The van der Waals surface area contributed by atoms with E-state index in [1.54, 1.807) is 12.1 Å². The first kappa shape index (κ1) is 19.6. The number of carbonyl (C=O) groups is 2. The molecule has 8 heteroatoms. The summed E-state index contributed by atoms with van der Waals surface area (Å²) < 4.78 is 23.8. The fraction of sp³-hybridized carbons (Fsp3) is 0.300. The summed E-state index contributed by atoms with van der Waals surface area (Å²) in [5.41, 5.74) is 1.12. The number of hydrogen-bond acceptors (Lipinski definition) is 5. The van der Waals surface area contributed by atoms with Gasteiger partial charge in [0.2, 0.25) is 0 Å². The molecular formula is C20H21FN2O5. The Morgan fingerprint density at radius 3 is 2.61 bits per heavy atom. The van der Waals surface area contributed by atoms with Crippen LogP contribution >= 0.6 is 0 Å². The number of phenols is 1. The predicted molar refractivity (Wildman–Crippen MR) is 98.3 cm³/mol. The Bertz CT molecular complexity index is 810. The van der Waals surface area contributed by atoms with E-state index in [1.807, 2.05) is 0 Å². The molecule has 28 heavy (non-hydrogen) atoms. The molecule has 1 saturated heterocycles. The van der Waals surface area contributed by atoms with Gasteiger partial charge in [0.15, 0.2) is 0 Å². The molecule has 1 aliphatic rings. The quantitative estimate of drug-likeness (QED) is 0.821. The van der Waals surface area contributed by atoms with Crippen LogP contribution in [-0.2, 0) is 16.1 Å². The first-order valence-corrected chi connectivity index (χ1v) is 8.86. The van der Waals surface area contributed by atoms with Crippen molar-refractivity contribution < 1.29 is 28.6 Å². The van der Waals surface area contributed by atoms with Crippen molar-refractivity contribution in [3.05, 3.63) is 65.5 Å². The molecule has 2 aromatic carbocycles. The molecule has 0 radical (unpaired) electrons. The summed E-state index contributed by atoms with van der Waals surface area (Å²) >= 11 is 0. The van der Waals surface area contributed by atoms with Crippen molar-refractivity contribution in [3.63, 3.8) is 0 Å². The number of aromatic hydroxyl groups is 1. The van der Waals surface area contributed by atoms with Gasteiger partial charge in [-0.2, -0.15) is 0 Å². The molecular weight excluding hydrogens is 367 g/mol. The van der Waals surface area contributed by atoms with E-state index < -0.39 is 6.09 Å². The summed E-state index contributed by atoms with van der Waals surface area (Å²) in [6.07, 6.45) is -0.837. The zero-order valence-corrected chi connectivity index (χ0v) is 15.1. The Morgan fingerprint density at radius 2 is 1.89 bits per heavy atom. The normalized spacial score (nSPS) is 16.5. The highest BCUT2D eigenvalue weighted by Gasteiger charge is 2.25. The number of benzene rings is 2. The lowest BCUT2D eigenvalue weighted by atomic mass is 10.2. The minimum absolute atomic E-state index is 0.0543. The van der Waals surface area contributed by atoms with E-state index in [0.717, 1.165) is 0 Å². The average Bonchev–Trinajstić information content (AvgIpc) is 2.72. The van der Waals surface area contributed by atoms with Gasteiger partial charge in [0.25, 0.3) is 5.91 Å². The smallest absolute Gasteiger partial charge is 0.410 e. The lowest BCUT2D eigenvalue weighted by molar-refractivity contribution is -0.0263. The zero-order valence-electron chi connectivity index (χ0n) is 15.1. The second-order valence-corrected chi connectivity index (χ2v) is 6.38. The maximum Gasteiger partial charge on any atom is 0.410 e. The van der Waals surface area contributed by atoms with Crippen molar-refractivity contribution in [1.29, 1.82) is 0 Å². The average molecular weight is 388 g/mol. The molecule has 7 nitrogen and oxygen atoms in total. The molecule has 2 amide bonds. The van der Waals surface area contributed by atoms with Gasteiger partial charge in [-0.1, -0.05) is 12.1 Å². The summed E-state index contributed by atoms with van der Waals surface area (Å²) in [6, 6.07) is 11.6. The lowest BCUT2D eigenvalue weighted by Crippen LogP contribution is -2.49. The molecule has 1 fully saturated rings. The van der Waals surface area contributed by atoms with Gasteiger partial charge in [-0.15, -0.1) is 0 Å². The number of hydrogen-bond donors (Lipinski definition) is 2. The van der Waals surface area contributed by atoms with Crippen molar-refractivity contribution in [2.45, 2.75) is 12.7 Å². The molecule has 1 atom stereocenters. The molecule has 148 valence electrons. The number of halogens is 1. The van der Waals surface area contributed by atoms with E-state index >= 15 is 0 Å². The third kappa shape index (κ3) is 5.43. The predicted octanol–water partition coefficient (Wildman–Crippen LogP) is 2.30. The van der Waals surface area contributed by atoms with Crippen LogP contribution < -0.4 is 5.32 Å². The summed E-state index contributed by atoms with van der Waals surface area (Å²) in [7, 11) is 0. The number of ether oxygens (including phenoxy) is 2. The minimum atomic E-state index is -0.484. The molecule has 1 aliphatic heterocycles. The highest BCUT2D eigenvalue weighted by Crippen LogP contribution is 2.11. The van der Waals surface area contributed by atoms with Gasteiger partial charge in [0, 0.05) is 18.7 Å². The molecule has 3 rings (SSSR count). The van der Waals surface area contributed by atoms with Crippen molar-refractivity contribution in [3.8, 4) is 5.75 Å². The van der Waals surface area contributed by atoms with Crippen molar-refractivity contribution in [1.82, 2.24) is 10.2 Å². The lowest BCUT2D eigenvalue weighted by Gasteiger charge is -2.32. The largest absolute Gasteiger partial charge is 0.508 e. The van der Waals surface area contributed by atoms with Crippen molar-refractivity contribution in [2.75, 3.05) is 26.2 Å². The van der Waals surface area contributed by atoms with E-state index in [4.69, 9.17) is 9.47 Å². The third-order valence-electron chi connectivity index (χ3n) is 4.29. The summed E-state index contributed by atoms with van der Waals surface area (Å²) in [5, 5.41) is 12.0. The maximum atomic E-state index is 12.9. The SMILES string of the molecule is O=C(NC[C@@H]1CN(C(=O)OCc2ccc(F)cc2)CCO1)c1ccc(O)cc1. The maximum absolute atomic E-state index is 12.9. The fourth-order valence-electron chi connectivity index (χ4n) is 2.75. The second-order valence-electron chi connectivity index (χ2n) is 6.38. The molecule has 2 aromatic rings. The van der Waals surface area contributed by atoms with Gasteiger partial charge < -0.3 is 24.8 Å². The van der Waals surface area contributed by atoms with E-state index in [1.165, 1.54) is 41.3 Å².